The van der Waals surface area contributed by atoms with Crippen molar-refractivity contribution in [3.8, 4) is 5.75 Å². The van der Waals surface area contributed by atoms with E-state index >= 15 is 0 Å². The van der Waals surface area contributed by atoms with E-state index in [0.717, 1.165) is 5.56 Å². The maximum Gasteiger partial charge on any atom is 0.127 e. The number of rotatable bonds is 2. The van der Waals surface area contributed by atoms with Crippen LogP contribution in [0.5, 0.6) is 5.75 Å². The average Bonchev–Trinajstić information content (AvgIpc) is 2.03. The van der Waals surface area contributed by atoms with Gasteiger partial charge in [0.15, 0.2) is 0 Å². The third-order valence-corrected chi connectivity index (χ3v) is 1.70. The van der Waals surface area contributed by atoms with Crippen LogP contribution in [0.2, 0.25) is 0 Å². The summed E-state index contributed by atoms with van der Waals surface area (Å²) in [7, 11) is 1.58. The topological polar surface area (TPSA) is 29.5 Å². The third kappa shape index (κ3) is 1.98. The molecule has 0 atom stereocenters. The lowest BCUT2D eigenvalue weighted by molar-refractivity contribution is 0.0783. The van der Waals surface area contributed by atoms with E-state index in [1.165, 1.54) is 0 Å². The van der Waals surface area contributed by atoms with Crippen LogP contribution in [-0.2, 0) is 5.60 Å². The highest BCUT2D eigenvalue weighted by Crippen LogP contribution is 2.22. The molecule has 2 nitrogen and oxygen atoms in total. The van der Waals surface area contributed by atoms with Crippen molar-refractivity contribution in [2.45, 2.75) is 19.4 Å². The smallest absolute Gasteiger partial charge is 0.127 e. The zero-order chi connectivity index (χ0) is 9.19. The van der Waals surface area contributed by atoms with Crippen molar-refractivity contribution in [3.05, 3.63) is 29.8 Å². The molecule has 0 saturated heterocycles. The molecule has 1 radical (unpaired) electrons. The quantitative estimate of drug-likeness (QED) is 0.723. The predicted octanol–water partition coefficient (Wildman–Crippen LogP) is 1.72. The van der Waals surface area contributed by atoms with Crippen molar-refractivity contribution in [1.29, 1.82) is 0 Å². The second kappa shape index (κ2) is 3.15. The standard InChI is InChI=1S/C10H13O2/c1-10(2,11)8-5-4-6-9(7-8)12-3/h4-5,7,11H,1-3H3. The normalized spacial score (nSPS) is 11.3. The molecule has 0 aliphatic rings. The second-order valence-electron chi connectivity index (χ2n) is 3.20. The molecule has 65 valence electrons. The van der Waals surface area contributed by atoms with E-state index in [2.05, 4.69) is 6.07 Å². The highest BCUT2D eigenvalue weighted by atomic mass is 16.5. The van der Waals surface area contributed by atoms with E-state index in [1.807, 2.05) is 6.07 Å². The number of hydrogen-bond acceptors (Lipinski definition) is 2. The fourth-order valence-corrected chi connectivity index (χ4v) is 0.943. The van der Waals surface area contributed by atoms with Crippen molar-refractivity contribution in [1.82, 2.24) is 0 Å². The molecule has 0 amide bonds. The highest BCUT2D eigenvalue weighted by Gasteiger charge is 2.15. The molecule has 1 aromatic rings. The van der Waals surface area contributed by atoms with Gasteiger partial charge in [-0.3, -0.25) is 0 Å². The summed E-state index contributed by atoms with van der Waals surface area (Å²) in [5.41, 5.74) is 0.0145. The first-order chi connectivity index (χ1) is 5.54. The zero-order valence-electron chi connectivity index (χ0n) is 7.59. The molecule has 1 aromatic carbocycles. The molecule has 0 spiro atoms. The molecule has 12 heavy (non-hydrogen) atoms. The number of hydrogen-bond donors (Lipinski definition) is 1. The molecule has 0 fully saturated rings. The van der Waals surface area contributed by atoms with Crippen LogP contribution in [0.3, 0.4) is 0 Å². The molecule has 1 N–H and O–H groups in total. The van der Waals surface area contributed by atoms with E-state index in [1.54, 1.807) is 33.1 Å². The van der Waals surface area contributed by atoms with Gasteiger partial charge in [0.2, 0.25) is 0 Å². The van der Waals surface area contributed by atoms with Gasteiger partial charge in [0.1, 0.15) is 5.75 Å². The van der Waals surface area contributed by atoms with Gasteiger partial charge in [-0.15, -0.1) is 0 Å². The molecular formula is C10H13O2. The Morgan fingerprint density at radius 1 is 1.50 bits per heavy atom. The monoisotopic (exact) mass is 165 g/mol. The molecule has 0 aliphatic carbocycles. The van der Waals surface area contributed by atoms with Crippen molar-refractivity contribution >= 4 is 0 Å². The van der Waals surface area contributed by atoms with Crippen LogP contribution < -0.4 is 4.74 Å². The first-order valence-electron chi connectivity index (χ1n) is 3.82. The minimum atomic E-state index is -0.817. The van der Waals surface area contributed by atoms with Crippen LogP contribution in [0.4, 0.5) is 0 Å². The van der Waals surface area contributed by atoms with Crippen molar-refractivity contribution < 1.29 is 9.84 Å². The lowest BCUT2D eigenvalue weighted by Gasteiger charge is -2.17. The van der Waals surface area contributed by atoms with Gasteiger partial charge < -0.3 is 9.84 Å². The van der Waals surface area contributed by atoms with Crippen LogP contribution in [0.15, 0.2) is 18.2 Å². The van der Waals surface area contributed by atoms with Crippen LogP contribution >= 0.6 is 0 Å². The molecule has 0 aromatic heterocycles. The lowest BCUT2D eigenvalue weighted by atomic mass is 9.98. The zero-order valence-corrected chi connectivity index (χ0v) is 7.59. The summed E-state index contributed by atoms with van der Waals surface area (Å²) < 4.78 is 4.98. The van der Waals surface area contributed by atoms with Gasteiger partial charge in [0.25, 0.3) is 0 Å². The summed E-state index contributed by atoms with van der Waals surface area (Å²) in [5.74, 6) is 0.648. The van der Waals surface area contributed by atoms with Gasteiger partial charge in [-0.2, -0.15) is 0 Å². The Bertz CT molecular complexity index is 261. The number of benzene rings is 1. The molecule has 1 rings (SSSR count). The second-order valence-corrected chi connectivity index (χ2v) is 3.20. The Balaban J connectivity index is 3.02. The van der Waals surface area contributed by atoms with Gasteiger partial charge in [0, 0.05) is 6.07 Å². The van der Waals surface area contributed by atoms with E-state index in [4.69, 9.17) is 4.74 Å². The Kier molecular flexibility index (Phi) is 2.38. The Labute approximate surface area is 72.8 Å². The SMILES string of the molecule is COc1[c]ccc(C(C)(C)O)c1. The fourth-order valence-electron chi connectivity index (χ4n) is 0.943. The minimum Gasteiger partial charge on any atom is -0.496 e. The van der Waals surface area contributed by atoms with Gasteiger partial charge in [0.05, 0.1) is 12.7 Å². The number of methoxy groups -OCH3 is 1. The molecule has 0 unspecified atom stereocenters. The number of ether oxygens (including phenoxy) is 1. The summed E-state index contributed by atoms with van der Waals surface area (Å²) in [4.78, 5) is 0. The van der Waals surface area contributed by atoms with Crippen molar-refractivity contribution in [2.24, 2.45) is 0 Å². The Morgan fingerprint density at radius 3 is 2.67 bits per heavy atom. The molecule has 0 saturated carbocycles. The lowest BCUT2D eigenvalue weighted by Crippen LogP contribution is -2.15. The van der Waals surface area contributed by atoms with Crippen molar-refractivity contribution in [2.75, 3.05) is 7.11 Å². The van der Waals surface area contributed by atoms with E-state index in [9.17, 15) is 5.11 Å². The number of aliphatic hydroxyl groups is 1. The van der Waals surface area contributed by atoms with Gasteiger partial charge in [-0.1, -0.05) is 12.1 Å². The maximum atomic E-state index is 9.64. The van der Waals surface area contributed by atoms with Crippen LogP contribution in [-0.4, -0.2) is 12.2 Å². The van der Waals surface area contributed by atoms with Gasteiger partial charge >= 0.3 is 0 Å². The molecular weight excluding hydrogens is 152 g/mol. The summed E-state index contributed by atoms with van der Waals surface area (Å²) in [6, 6.07) is 8.24. The van der Waals surface area contributed by atoms with Crippen molar-refractivity contribution in [3.63, 3.8) is 0 Å². The first kappa shape index (κ1) is 9.07. The van der Waals surface area contributed by atoms with Crippen LogP contribution in [0, 0.1) is 6.07 Å². The molecule has 0 bridgehead atoms. The summed E-state index contributed by atoms with van der Waals surface area (Å²) in [6.07, 6.45) is 0. The van der Waals surface area contributed by atoms with Gasteiger partial charge in [-0.25, -0.2) is 0 Å². The molecule has 0 aliphatic heterocycles. The van der Waals surface area contributed by atoms with Crippen LogP contribution in [0.1, 0.15) is 19.4 Å². The third-order valence-electron chi connectivity index (χ3n) is 1.70. The Hall–Kier alpha value is -1.02. The van der Waals surface area contributed by atoms with E-state index < -0.39 is 5.60 Å². The largest absolute Gasteiger partial charge is 0.496 e. The van der Waals surface area contributed by atoms with Crippen LogP contribution in [0.25, 0.3) is 0 Å². The minimum absolute atomic E-state index is 0.648. The first-order valence-corrected chi connectivity index (χ1v) is 3.82. The van der Waals surface area contributed by atoms with E-state index in [-0.39, 0.29) is 0 Å². The highest BCUT2D eigenvalue weighted by molar-refractivity contribution is 5.30. The summed E-state index contributed by atoms with van der Waals surface area (Å²) in [5, 5.41) is 9.64. The maximum absolute atomic E-state index is 9.64. The molecule has 0 heterocycles. The molecule has 2 heteroatoms. The summed E-state index contributed by atoms with van der Waals surface area (Å²) >= 11 is 0. The predicted molar refractivity (Wildman–Crippen MR) is 47.1 cm³/mol. The fraction of sp³-hybridized carbons (Fsp3) is 0.400. The average molecular weight is 165 g/mol. The Morgan fingerprint density at radius 2 is 2.17 bits per heavy atom. The van der Waals surface area contributed by atoms with Gasteiger partial charge in [-0.05, 0) is 25.5 Å². The van der Waals surface area contributed by atoms with E-state index in [0.29, 0.717) is 5.75 Å². The summed E-state index contributed by atoms with van der Waals surface area (Å²) in [6.45, 7) is 3.48.